The van der Waals surface area contributed by atoms with Crippen LogP contribution >= 0.6 is 0 Å². The third kappa shape index (κ3) is 6.45. The van der Waals surface area contributed by atoms with Crippen molar-refractivity contribution in [3.8, 4) is 0 Å². The lowest BCUT2D eigenvalue weighted by molar-refractivity contribution is -0.165. The number of rotatable bonds is 14. The first kappa shape index (κ1) is 23.5. The number of carboxylic acids is 4. The fraction of sp³-hybridized carbons (Fsp3) is 0.706. The summed E-state index contributed by atoms with van der Waals surface area (Å²) in [5.41, 5.74) is -3.75. The lowest BCUT2D eigenvalue weighted by atomic mass is 9.84. The highest BCUT2D eigenvalue weighted by atomic mass is 16.4. The molecule has 0 bridgehead atoms. The van der Waals surface area contributed by atoms with Gasteiger partial charge in [0.2, 0.25) is 0 Å². The minimum Gasteiger partial charge on any atom is -0.480 e. The van der Waals surface area contributed by atoms with Crippen LogP contribution in [0, 0.1) is 10.8 Å². The highest BCUT2D eigenvalue weighted by Gasteiger charge is 2.41. The second-order valence-corrected chi connectivity index (χ2v) is 6.84. The normalized spacial score (nSPS) is 11.8. The topological polar surface area (TPSA) is 166 Å². The van der Waals surface area contributed by atoms with Crippen molar-refractivity contribution in [3.63, 3.8) is 0 Å². The summed E-state index contributed by atoms with van der Waals surface area (Å²) in [5, 5.41) is 35.9. The second kappa shape index (κ2) is 9.88. The number of carbonyl (C=O) groups excluding carboxylic acids is 1. The van der Waals surface area contributed by atoms with Gasteiger partial charge in [0.1, 0.15) is 5.78 Å². The summed E-state index contributed by atoms with van der Waals surface area (Å²) in [4.78, 5) is 55.8. The molecule has 4 N–H and O–H groups in total. The Balaban J connectivity index is 4.16. The molecule has 0 saturated carbocycles. The van der Waals surface area contributed by atoms with Crippen LogP contribution in [0.4, 0.5) is 0 Å². The van der Waals surface area contributed by atoms with Crippen LogP contribution in [0.1, 0.15) is 65.2 Å². The summed E-state index contributed by atoms with van der Waals surface area (Å²) in [5.74, 6) is -5.79. The molecule has 0 radical (unpaired) electrons. The molecule has 0 aromatic heterocycles. The third-order valence-electron chi connectivity index (χ3n) is 4.65. The number of carbonyl (C=O) groups is 5. The van der Waals surface area contributed by atoms with Crippen LogP contribution in [0.25, 0.3) is 0 Å². The Hall–Kier alpha value is -2.45. The quantitative estimate of drug-likeness (QED) is 0.263. The Morgan fingerprint density at radius 1 is 0.577 bits per heavy atom. The summed E-state index contributed by atoms with van der Waals surface area (Å²) < 4.78 is 0. The molecule has 26 heavy (non-hydrogen) atoms. The first-order chi connectivity index (χ1) is 11.9. The second-order valence-electron chi connectivity index (χ2n) is 6.84. The number of hydrogen-bond acceptors (Lipinski definition) is 5. The van der Waals surface area contributed by atoms with Gasteiger partial charge in [0, 0.05) is 12.8 Å². The molecule has 0 aliphatic rings. The summed E-state index contributed by atoms with van der Waals surface area (Å²) >= 11 is 0. The molecule has 0 atom stereocenters. The van der Waals surface area contributed by atoms with E-state index in [0.717, 1.165) is 13.8 Å². The minimum atomic E-state index is -1.87. The van der Waals surface area contributed by atoms with E-state index in [0.29, 0.717) is 12.8 Å². The lowest BCUT2D eigenvalue weighted by Crippen LogP contribution is -2.36. The van der Waals surface area contributed by atoms with Crippen LogP contribution in [-0.2, 0) is 24.0 Å². The van der Waals surface area contributed by atoms with Crippen molar-refractivity contribution in [2.45, 2.75) is 65.2 Å². The van der Waals surface area contributed by atoms with Crippen molar-refractivity contribution in [1.29, 1.82) is 0 Å². The van der Waals surface area contributed by atoms with Gasteiger partial charge in [0.25, 0.3) is 0 Å². The standard InChI is InChI=1S/C17H26O9/c1-16(12(19)20,13(21)22)9-5-3-7-11(18)8-4-6-10-17(2,14(23)24)15(25)26/h3-10H2,1-2H3,(H,19,20)(H,21,22)(H,23,24)(H,25,26). The van der Waals surface area contributed by atoms with Gasteiger partial charge in [-0.1, -0.05) is 12.8 Å². The molecule has 9 nitrogen and oxygen atoms in total. The molecule has 0 aliphatic heterocycles. The maximum Gasteiger partial charge on any atom is 0.320 e. The number of ketones is 1. The Labute approximate surface area is 151 Å². The zero-order valence-corrected chi connectivity index (χ0v) is 15.0. The molecule has 0 heterocycles. The van der Waals surface area contributed by atoms with E-state index in [1.54, 1.807) is 0 Å². The van der Waals surface area contributed by atoms with E-state index in [1.165, 1.54) is 0 Å². The summed E-state index contributed by atoms with van der Waals surface area (Å²) in [6, 6.07) is 0. The monoisotopic (exact) mass is 374 g/mol. The van der Waals surface area contributed by atoms with Gasteiger partial charge < -0.3 is 20.4 Å². The molecular formula is C17H26O9. The minimum absolute atomic E-state index is 0.0828. The molecule has 0 spiro atoms. The van der Waals surface area contributed by atoms with Gasteiger partial charge in [-0.25, -0.2) is 0 Å². The lowest BCUT2D eigenvalue weighted by Gasteiger charge is -2.19. The first-order valence-electron chi connectivity index (χ1n) is 8.33. The van der Waals surface area contributed by atoms with E-state index in [1.807, 2.05) is 0 Å². The number of aliphatic carboxylic acids is 4. The zero-order valence-electron chi connectivity index (χ0n) is 15.0. The fourth-order valence-corrected chi connectivity index (χ4v) is 2.34. The van der Waals surface area contributed by atoms with E-state index < -0.39 is 34.7 Å². The molecule has 148 valence electrons. The Morgan fingerprint density at radius 2 is 0.846 bits per heavy atom. The van der Waals surface area contributed by atoms with Crippen LogP contribution < -0.4 is 0 Å². The maximum atomic E-state index is 11.8. The number of unbranched alkanes of at least 4 members (excludes halogenated alkanes) is 2. The van der Waals surface area contributed by atoms with Gasteiger partial charge in [-0.05, 0) is 39.5 Å². The number of carboxylic acid groups (broad SMARTS) is 4. The van der Waals surface area contributed by atoms with E-state index in [-0.39, 0.29) is 44.3 Å². The largest absolute Gasteiger partial charge is 0.480 e. The molecule has 0 aliphatic carbocycles. The average Bonchev–Trinajstić information content (AvgIpc) is 2.54. The van der Waals surface area contributed by atoms with Crippen molar-refractivity contribution < 1.29 is 44.4 Å². The van der Waals surface area contributed by atoms with Crippen molar-refractivity contribution in [2.24, 2.45) is 10.8 Å². The number of hydrogen-bond donors (Lipinski definition) is 4. The number of Topliss-reactive ketones (excluding diaryl/α,β-unsaturated/α-hetero) is 1. The van der Waals surface area contributed by atoms with Crippen LogP contribution in [0.2, 0.25) is 0 Å². The van der Waals surface area contributed by atoms with E-state index in [4.69, 9.17) is 20.4 Å². The SMILES string of the molecule is CC(CCCCC(=O)CCCCC(C)(C(=O)O)C(=O)O)(C(=O)O)C(=O)O. The van der Waals surface area contributed by atoms with Gasteiger partial charge in [-0.3, -0.25) is 24.0 Å². The van der Waals surface area contributed by atoms with Gasteiger partial charge in [-0.2, -0.15) is 0 Å². The molecule has 9 heteroatoms. The Morgan fingerprint density at radius 3 is 1.08 bits per heavy atom. The summed E-state index contributed by atoms with van der Waals surface area (Å²) in [6.07, 6.45) is 1.44. The maximum absolute atomic E-state index is 11.8. The van der Waals surface area contributed by atoms with Crippen molar-refractivity contribution in [2.75, 3.05) is 0 Å². The fourth-order valence-electron chi connectivity index (χ4n) is 2.34. The summed E-state index contributed by atoms with van der Waals surface area (Å²) in [6.45, 7) is 2.25. The highest BCUT2D eigenvalue weighted by Crippen LogP contribution is 2.27. The molecule has 0 amide bonds. The molecule has 0 rings (SSSR count). The first-order valence-corrected chi connectivity index (χ1v) is 8.33. The van der Waals surface area contributed by atoms with Gasteiger partial charge in [0.15, 0.2) is 10.8 Å². The van der Waals surface area contributed by atoms with Gasteiger partial charge in [0.05, 0.1) is 0 Å². The molecular weight excluding hydrogens is 348 g/mol. The van der Waals surface area contributed by atoms with Crippen LogP contribution in [0.15, 0.2) is 0 Å². The van der Waals surface area contributed by atoms with Crippen LogP contribution in [-0.4, -0.2) is 50.1 Å². The Kier molecular flexibility index (Phi) is 8.95. The molecule has 0 unspecified atom stereocenters. The predicted molar refractivity (Wildman–Crippen MR) is 88.7 cm³/mol. The molecule has 0 aromatic rings. The van der Waals surface area contributed by atoms with Gasteiger partial charge >= 0.3 is 23.9 Å². The van der Waals surface area contributed by atoms with E-state index in [2.05, 4.69) is 0 Å². The van der Waals surface area contributed by atoms with E-state index >= 15 is 0 Å². The van der Waals surface area contributed by atoms with Crippen molar-refractivity contribution >= 4 is 29.7 Å². The van der Waals surface area contributed by atoms with E-state index in [9.17, 15) is 24.0 Å². The average molecular weight is 374 g/mol. The smallest absolute Gasteiger partial charge is 0.320 e. The summed E-state index contributed by atoms with van der Waals surface area (Å²) in [7, 11) is 0. The van der Waals surface area contributed by atoms with Crippen molar-refractivity contribution in [1.82, 2.24) is 0 Å². The Bertz CT molecular complexity index is 489. The van der Waals surface area contributed by atoms with Crippen molar-refractivity contribution in [3.05, 3.63) is 0 Å². The van der Waals surface area contributed by atoms with Crippen LogP contribution in [0.3, 0.4) is 0 Å². The third-order valence-corrected chi connectivity index (χ3v) is 4.65. The molecule has 0 fully saturated rings. The highest BCUT2D eigenvalue weighted by molar-refractivity contribution is 5.98. The van der Waals surface area contributed by atoms with Crippen LogP contribution in [0.5, 0.6) is 0 Å². The molecule has 0 saturated heterocycles. The predicted octanol–water partition coefficient (Wildman–Crippen LogP) is 2.03. The van der Waals surface area contributed by atoms with Gasteiger partial charge in [-0.15, -0.1) is 0 Å². The molecule has 0 aromatic carbocycles. The zero-order chi connectivity index (χ0) is 20.5.